The van der Waals surface area contributed by atoms with Crippen LogP contribution in [0, 0.1) is 5.82 Å². The van der Waals surface area contributed by atoms with Gasteiger partial charge in [0.1, 0.15) is 11.9 Å². The third-order valence-electron chi connectivity index (χ3n) is 1.75. The Bertz CT molecular complexity index is 336. The van der Waals surface area contributed by atoms with E-state index >= 15 is 0 Å². The van der Waals surface area contributed by atoms with Crippen molar-refractivity contribution in [2.45, 2.75) is 13.0 Å². The molecule has 0 saturated heterocycles. The Labute approximate surface area is 86.0 Å². The van der Waals surface area contributed by atoms with Crippen LogP contribution in [0.15, 0.2) is 18.2 Å². The van der Waals surface area contributed by atoms with Crippen molar-refractivity contribution < 1.29 is 9.18 Å². The molecule has 0 radical (unpaired) electrons. The van der Waals surface area contributed by atoms with Crippen molar-refractivity contribution in [1.82, 2.24) is 0 Å². The fourth-order valence-electron chi connectivity index (χ4n) is 0.923. The van der Waals surface area contributed by atoms with Gasteiger partial charge in [0.15, 0.2) is 0 Å². The van der Waals surface area contributed by atoms with Crippen molar-refractivity contribution >= 4 is 23.2 Å². The molecule has 0 aliphatic rings. The van der Waals surface area contributed by atoms with Crippen LogP contribution in [0.2, 0.25) is 5.02 Å². The van der Waals surface area contributed by atoms with Gasteiger partial charge in [-0.25, -0.2) is 4.39 Å². The van der Waals surface area contributed by atoms with Gasteiger partial charge in [-0.2, -0.15) is 0 Å². The average molecular weight is 217 g/mol. The summed E-state index contributed by atoms with van der Waals surface area (Å²) in [5.41, 5.74) is 5.11. The second-order valence-electron chi connectivity index (χ2n) is 2.87. The van der Waals surface area contributed by atoms with Crippen LogP contribution in [0.5, 0.6) is 0 Å². The van der Waals surface area contributed by atoms with Gasteiger partial charge in [-0.3, -0.25) is 4.79 Å². The van der Waals surface area contributed by atoms with Crippen LogP contribution in [0.25, 0.3) is 0 Å². The van der Waals surface area contributed by atoms with Gasteiger partial charge in [0.05, 0.1) is 10.7 Å². The van der Waals surface area contributed by atoms with E-state index in [1.807, 2.05) is 0 Å². The normalized spacial score (nSPS) is 12.2. The van der Waals surface area contributed by atoms with Crippen LogP contribution in [-0.2, 0) is 4.79 Å². The summed E-state index contributed by atoms with van der Waals surface area (Å²) in [5, 5.41) is 2.82. The zero-order valence-corrected chi connectivity index (χ0v) is 8.31. The number of amides is 1. The number of nitrogens with one attached hydrogen (secondary N) is 1. The monoisotopic (exact) mass is 216 g/mol. The number of para-hydroxylation sites is 1. The maximum Gasteiger partial charge on any atom is 0.239 e. The Morgan fingerprint density at radius 2 is 2.29 bits per heavy atom. The van der Waals surface area contributed by atoms with Crippen molar-refractivity contribution in [2.75, 3.05) is 5.32 Å². The summed E-state index contributed by atoms with van der Waals surface area (Å²) in [4.78, 5) is 10.7. The molecule has 1 amide bonds. The smallest absolute Gasteiger partial charge is 0.239 e. The Morgan fingerprint density at radius 1 is 1.64 bits per heavy atom. The molecule has 5 heteroatoms. The lowest BCUT2D eigenvalue weighted by molar-refractivity contribution is -0.118. The Morgan fingerprint density at radius 3 is 2.79 bits per heavy atom. The molecule has 0 aliphatic heterocycles. The molecule has 0 heterocycles. The van der Waals surface area contributed by atoms with E-state index in [1.165, 1.54) is 25.1 Å². The number of benzene rings is 1. The Kier molecular flexibility index (Phi) is 3.30. The van der Waals surface area contributed by atoms with E-state index < -0.39 is 17.8 Å². The van der Waals surface area contributed by atoms with E-state index in [-0.39, 0.29) is 10.7 Å². The maximum atomic E-state index is 13.2. The largest absolute Gasteiger partial charge is 0.370 e. The Hall–Kier alpha value is -1.29. The first kappa shape index (κ1) is 10.8. The third-order valence-corrected chi connectivity index (χ3v) is 2.07. The number of rotatable bonds is 3. The fourth-order valence-corrected chi connectivity index (χ4v) is 1.14. The first-order valence-corrected chi connectivity index (χ1v) is 4.40. The standard InChI is InChI=1S/C9H10ClFN2O/c1-5(9(12)14)13-8-6(10)3-2-4-7(8)11/h2-5,13H,1H3,(H2,12,14). The first-order valence-electron chi connectivity index (χ1n) is 4.02. The van der Waals surface area contributed by atoms with Gasteiger partial charge in [-0.1, -0.05) is 17.7 Å². The lowest BCUT2D eigenvalue weighted by Gasteiger charge is -2.13. The van der Waals surface area contributed by atoms with Crippen LogP contribution < -0.4 is 11.1 Å². The predicted octanol–water partition coefficient (Wildman–Crippen LogP) is 1.76. The van der Waals surface area contributed by atoms with Gasteiger partial charge in [-0.05, 0) is 19.1 Å². The zero-order valence-electron chi connectivity index (χ0n) is 7.55. The van der Waals surface area contributed by atoms with E-state index in [0.717, 1.165) is 0 Å². The van der Waals surface area contributed by atoms with Gasteiger partial charge in [0.25, 0.3) is 0 Å². The summed E-state index contributed by atoms with van der Waals surface area (Å²) in [7, 11) is 0. The topological polar surface area (TPSA) is 55.1 Å². The van der Waals surface area contributed by atoms with Crippen molar-refractivity contribution in [3.63, 3.8) is 0 Å². The van der Waals surface area contributed by atoms with E-state index in [0.29, 0.717) is 0 Å². The van der Waals surface area contributed by atoms with Gasteiger partial charge < -0.3 is 11.1 Å². The molecule has 3 N–H and O–H groups in total. The predicted molar refractivity (Wildman–Crippen MR) is 53.7 cm³/mol. The number of carbonyl (C=O) groups is 1. The molecular weight excluding hydrogens is 207 g/mol. The second-order valence-corrected chi connectivity index (χ2v) is 3.27. The molecule has 0 bridgehead atoms. The fraction of sp³-hybridized carbons (Fsp3) is 0.222. The van der Waals surface area contributed by atoms with Gasteiger partial charge in [0, 0.05) is 0 Å². The van der Waals surface area contributed by atoms with Crippen molar-refractivity contribution in [2.24, 2.45) is 5.73 Å². The quantitative estimate of drug-likeness (QED) is 0.809. The summed E-state index contributed by atoms with van der Waals surface area (Å²) < 4.78 is 13.2. The van der Waals surface area contributed by atoms with Crippen LogP contribution in [0.3, 0.4) is 0 Å². The third kappa shape index (κ3) is 2.35. The minimum Gasteiger partial charge on any atom is -0.370 e. The molecule has 0 spiro atoms. The molecule has 76 valence electrons. The summed E-state index contributed by atoms with van der Waals surface area (Å²) in [5.74, 6) is -1.07. The lowest BCUT2D eigenvalue weighted by Crippen LogP contribution is -2.32. The van der Waals surface area contributed by atoms with Crippen LogP contribution in [-0.4, -0.2) is 11.9 Å². The zero-order chi connectivity index (χ0) is 10.7. The second kappa shape index (κ2) is 4.28. The van der Waals surface area contributed by atoms with E-state index in [1.54, 1.807) is 0 Å². The highest BCUT2D eigenvalue weighted by Gasteiger charge is 2.13. The van der Waals surface area contributed by atoms with Crippen molar-refractivity contribution in [3.05, 3.63) is 29.0 Å². The average Bonchev–Trinajstić information content (AvgIpc) is 2.11. The molecule has 1 aromatic rings. The first-order chi connectivity index (χ1) is 6.52. The molecule has 0 aromatic heterocycles. The molecule has 0 fully saturated rings. The van der Waals surface area contributed by atoms with E-state index in [9.17, 15) is 9.18 Å². The molecule has 1 atom stereocenters. The van der Waals surface area contributed by atoms with Gasteiger partial charge >= 0.3 is 0 Å². The SMILES string of the molecule is CC(Nc1c(F)cccc1Cl)C(N)=O. The maximum absolute atomic E-state index is 13.2. The van der Waals surface area contributed by atoms with Crippen LogP contribution in [0.4, 0.5) is 10.1 Å². The van der Waals surface area contributed by atoms with Gasteiger partial charge in [0.2, 0.25) is 5.91 Å². The molecule has 0 saturated carbocycles. The number of hydrogen-bond acceptors (Lipinski definition) is 2. The molecule has 1 rings (SSSR count). The minimum atomic E-state index is -0.663. The molecular formula is C9H10ClFN2O. The molecule has 1 aromatic carbocycles. The lowest BCUT2D eigenvalue weighted by atomic mass is 10.2. The summed E-state index contributed by atoms with van der Waals surface area (Å²) in [6.45, 7) is 1.53. The number of hydrogen-bond donors (Lipinski definition) is 2. The molecule has 3 nitrogen and oxygen atoms in total. The highest BCUT2D eigenvalue weighted by molar-refractivity contribution is 6.33. The van der Waals surface area contributed by atoms with Gasteiger partial charge in [-0.15, -0.1) is 0 Å². The Balaban J connectivity index is 2.91. The number of halogens is 2. The van der Waals surface area contributed by atoms with E-state index in [4.69, 9.17) is 17.3 Å². The number of anilines is 1. The molecule has 1 unspecified atom stereocenters. The van der Waals surface area contributed by atoms with Crippen molar-refractivity contribution in [1.29, 1.82) is 0 Å². The highest BCUT2D eigenvalue weighted by atomic mass is 35.5. The van der Waals surface area contributed by atoms with Crippen molar-refractivity contribution in [3.8, 4) is 0 Å². The number of nitrogens with two attached hydrogens (primary N) is 1. The number of primary amides is 1. The summed E-state index contributed by atoms with van der Waals surface area (Å²) in [6, 6.07) is 3.60. The van der Waals surface area contributed by atoms with Crippen LogP contribution in [0.1, 0.15) is 6.92 Å². The summed E-state index contributed by atoms with van der Waals surface area (Å²) >= 11 is 5.72. The highest BCUT2D eigenvalue weighted by Crippen LogP contribution is 2.24. The molecule has 14 heavy (non-hydrogen) atoms. The number of carbonyl (C=O) groups excluding carboxylic acids is 1. The minimum absolute atomic E-state index is 0.0977. The summed E-state index contributed by atoms with van der Waals surface area (Å²) in [6.07, 6.45) is 0. The van der Waals surface area contributed by atoms with Crippen LogP contribution >= 0.6 is 11.6 Å². The molecule has 0 aliphatic carbocycles. The van der Waals surface area contributed by atoms with E-state index in [2.05, 4.69) is 5.32 Å².